The Kier molecular flexibility index (Phi) is 6.33. The van der Waals surface area contributed by atoms with E-state index in [1.165, 1.54) is 12.0 Å². The van der Waals surface area contributed by atoms with Crippen molar-refractivity contribution in [3.8, 4) is 28.8 Å². The van der Waals surface area contributed by atoms with Crippen molar-refractivity contribution in [2.45, 2.75) is 44.5 Å². The molecule has 4 aromatic heterocycles. The molecule has 0 saturated carbocycles. The van der Waals surface area contributed by atoms with Crippen LogP contribution in [0.15, 0.2) is 55.1 Å². The van der Waals surface area contributed by atoms with E-state index in [0.717, 1.165) is 42.1 Å². The van der Waals surface area contributed by atoms with Gasteiger partial charge >= 0.3 is 0 Å². The van der Waals surface area contributed by atoms with Crippen LogP contribution in [0.4, 0.5) is 5.82 Å². The van der Waals surface area contributed by atoms with Crippen molar-refractivity contribution in [1.82, 2.24) is 20.0 Å². The van der Waals surface area contributed by atoms with Gasteiger partial charge < -0.3 is 19.5 Å². The molecule has 0 unspecified atom stereocenters. The first-order chi connectivity index (χ1) is 18.8. The highest BCUT2D eigenvalue weighted by Gasteiger charge is 2.44. The molecule has 2 atom stereocenters. The number of nitrogens with one attached hydrogen (secondary N) is 1. The van der Waals surface area contributed by atoms with Gasteiger partial charge in [0.2, 0.25) is 12.1 Å². The van der Waals surface area contributed by atoms with Crippen LogP contribution in [0.1, 0.15) is 31.4 Å². The number of nitriles is 1. The Balaban J connectivity index is 1.19. The molecule has 3 saturated heterocycles. The first kappa shape index (κ1) is 25.1. The molecule has 0 radical (unpaired) electrons. The van der Waals surface area contributed by atoms with Crippen molar-refractivity contribution in [2.24, 2.45) is 0 Å². The maximum atomic E-state index is 10.1. The highest BCUT2D eigenvalue weighted by molar-refractivity contribution is 5.82. The Hall–Kier alpha value is -4.20. The number of aromatic nitrogens is 4. The number of H-pyrrole nitrogens is 1. The average molecular weight is 527 g/mol. The van der Waals surface area contributed by atoms with Crippen LogP contribution in [0.3, 0.4) is 0 Å². The van der Waals surface area contributed by atoms with E-state index in [4.69, 9.17) is 14.5 Å². The van der Waals surface area contributed by atoms with Crippen molar-refractivity contribution in [2.75, 3.05) is 31.7 Å². The summed E-state index contributed by atoms with van der Waals surface area (Å²) in [4.78, 5) is 14.1. The monoisotopic (exact) mass is 526 g/mol. The number of nitrogens with zero attached hydrogens (tertiary/aromatic N) is 6. The molecule has 39 heavy (non-hydrogen) atoms. The Morgan fingerprint density at radius 2 is 2.00 bits per heavy atom. The van der Waals surface area contributed by atoms with E-state index in [1.54, 1.807) is 37.9 Å². The number of hydrogen-bond donors (Lipinski definition) is 2. The second-order valence-electron chi connectivity index (χ2n) is 10.9. The summed E-state index contributed by atoms with van der Waals surface area (Å²) in [6, 6.07) is 13.2. The van der Waals surface area contributed by atoms with Crippen LogP contribution in [0.2, 0.25) is 0 Å². The molecule has 3 aliphatic rings. The fourth-order valence-electron chi connectivity index (χ4n) is 5.49. The predicted molar refractivity (Wildman–Crippen MR) is 144 cm³/mol. The molecular formula is C29H32N7O3+. The van der Waals surface area contributed by atoms with Crippen molar-refractivity contribution >= 4 is 11.3 Å². The summed E-state index contributed by atoms with van der Waals surface area (Å²) in [5.74, 6) is 2.17. The molecule has 0 amide bonds. The maximum absolute atomic E-state index is 10.1. The van der Waals surface area contributed by atoms with Crippen molar-refractivity contribution in [1.29, 1.82) is 5.26 Å². The Morgan fingerprint density at radius 1 is 1.18 bits per heavy atom. The standard InChI is InChI=1S/C29H31N7O3/c1-29(2,37)18-39-24-9-25(28-21(10-30)13-33-36(28)17-24)20-5-6-26(31-12-20)34-15-22-8-23(16-34)35(22)14-19-4-7-27(38-3)32-11-19/h4-7,9,11-13,17,22-23,37H,8,14-16,18H2,1-3H3/p+1/t22-,23+. The maximum Gasteiger partial charge on any atom is 0.263 e. The zero-order valence-electron chi connectivity index (χ0n) is 22.3. The molecule has 0 aliphatic carbocycles. The van der Waals surface area contributed by atoms with E-state index in [0.29, 0.717) is 29.3 Å². The minimum Gasteiger partial charge on any atom is -0.484 e. The van der Waals surface area contributed by atoms with Gasteiger partial charge in [-0.2, -0.15) is 10.4 Å². The predicted octanol–water partition coefficient (Wildman–Crippen LogP) is 2.70. The summed E-state index contributed by atoms with van der Waals surface area (Å²) < 4.78 is 12.8. The fourth-order valence-corrected chi connectivity index (χ4v) is 5.49. The van der Waals surface area contributed by atoms with Gasteiger partial charge in [-0.25, -0.2) is 9.97 Å². The third kappa shape index (κ3) is 4.99. The molecule has 10 heteroatoms. The zero-order chi connectivity index (χ0) is 27.1. The Morgan fingerprint density at radius 3 is 2.64 bits per heavy atom. The van der Waals surface area contributed by atoms with Crippen LogP contribution in [0.5, 0.6) is 11.6 Å². The van der Waals surface area contributed by atoms with Gasteiger partial charge in [0.05, 0.1) is 24.5 Å². The number of hydrogen-bond acceptors (Lipinski definition) is 8. The smallest absolute Gasteiger partial charge is 0.263 e. The quantitative estimate of drug-likeness (QED) is 0.337. The van der Waals surface area contributed by atoms with Crippen LogP contribution >= 0.6 is 0 Å². The van der Waals surface area contributed by atoms with Gasteiger partial charge in [-0.15, -0.1) is 0 Å². The minimum absolute atomic E-state index is 0.144. The summed E-state index contributed by atoms with van der Waals surface area (Å²) >= 11 is 0. The van der Waals surface area contributed by atoms with E-state index in [2.05, 4.69) is 38.1 Å². The van der Waals surface area contributed by atoms with Crippen LogP contribution in [-0.2, 0) is 6.54 Å². The number of rotatable bonds is 8. The normalized spacial score (nSPS) is 19.0. The van der Waals surface area contributed by atoms with Gasteiger partial charge in [0.15, 0.2) is 5.75 Å². The summed E-state index contributed by atoms with van der Waals surface area (Å²) in [6.07, 6.45) is 8.41. The van der Waals surface area contributed by atoms with Gasteiger partial charge in [0, 0.05) is 61.8 Å². The molecule has 2 N–H and O–H groups in total. The van der Waals surface area contributed by atoms with E-state index >= 15 is 0 Å². The van der Waals surface area contributed by atoms with Gasteiger partial charge in [0.25, 0.3) is 5.52 Å². The number of anilines is 1. The number of piperazine rings is 1. The van der Waals surface area contributed by atoms with Crippen molar-refractivity contribution in [3.05, 3.63) is 66.2 Å². The SMILES string of the molecule is COc1ccc(CN2[C@@H]3C[C@H]2CN(c2ccc(-c4cc(OCC(C)(C)O)c[n+]5[nH]cc(C#N)c45)cn2)C3)cn1. The summed E-state index contributed by atoms with van der Waals surface area (Å²) in [5.41, 5.74) is 3.24. The molecule has 0 spiro atoms. The van der Waals surface area contributed by atoms with Gasteiger partial charge in [0.1, 0.15) is 24.1 Å². The van der Waals surface area contributed by atoms with Crippen molar-refractivity contribution in [3.63, 3.8) is 0 Å². The fraction of sp³-hybridized carbons (Fsp3) is 0.379. The van der Waals surface area contributed by atoms with Gasteiger partial charge in [-0.1, -0.05) is 10.6 Å². The van der Waals surface area contributed by atoms with Crippen molar-refractivity contribution < 1.29 is 19.1 Å². The lowest BCUT2D eigenvalue weighted by molar-refractivity contribution is -0.576. The second-order valence-corrected chi connectivity index (χ2v) is 10.9. The number of fused-ring (bicyclic) bond motifs is 3. The molecule has 7 rings (SSSR count). The van der Waals surface area contributed by atoms with E-state index in [-0.39, 0.29) is 6.61 Å². The molecule has 200 valence electrons. The second kappa shape index (κ2) is 9.84. The van der Waals surface area contributed by atoms with Crippen LogP contribution in [0.25, 0.3) is 16.6 Å². The lowest BCUT2D eigenvalue weighted by Crippen LogP contribution is -2.68. The number of piperidine rings is 1. The highest BCUT2D eigenvalue weighted by atomic mass is 16.5. The van der Waals surface area contributed by atoms with Crippen LogP contribution < -0.4 is 18.9 Å². The minimum atomic E-state index is -0.965. The van der Waals surface area contributed by atoms with Gasteiger partial charge in [-0.05, 0) is 38.0 Å². The number of pyridine rings is 3. The third-order valence-electron chi connectivity index (χ3n) is 7.45. The molecule has 3 fully saturated rings. The van der Waals surface area contributed by atoms with Gasteiger partial charge in [-0.3, -0.25) is 4.90 Å². The number of aromatic amines is 1. The number of methoxy groups -OCH3 is 1. The molecule has 3 aliphatic heterocycles. The van der Waals surface area contributed by atoms with E-state index in [9.17, 15) is 10.4 Å². The molecule has 2 bridgehead atoms. The highest BCUT2D eigenvalue weighted by Crippen LogP contribution is 2.36. The summed E-state index contributed by atoms with van der Waals surface area (Å²) in [7, 11) is 1.63. The Bertz CT molecular complexity index is 1510. The molecule has 7 heterocycles. The lowest BCUT2D eigenvalue weighted by Gasteiger charge is -2.56. The first-order valence-corrected chi connectivity index (χ1v) is 13.1. The first-order valence-electron chi connectivity index (χ1n) is 13.1. The largest absolute Gasteiger partial charge is 0.484 e. The number of aliphatic hydroxyl groups is 1. The molecule has 0 aromatic carbocycles. The lowest BCUT2D eigenvalue weighted by atomic mass is 9.87. The molecule has 10 nitrogen and oxygen atoms in total. The Labute approximate surface area is 227 Å². The third-order valence-corrected chi connectivity index (χ3v) is 7.45. The van der Waals surface area contributed by atoms with E-state index in [1.807, 2.05) is 30.6 Å². The zero-order valence-corrected chi connectivity index (χ0v) is 22.3. The molecule has 4 aromatic rings. The van der Waals surface area contributed by atoms with Crippen LogP contribution in [-0.4, -0.2) is 69.6 Å². The molecular weight excluding hydrogens is 494 g/mol. The summed E-state index contributed by atoms with van der Waals surface area (Å²) in [5, 5.41) is 22.9. The average Bonchev–Trinajstić information content (AvgIpc) is 3.37. The number of ether oxygens (including phenoxy) is 2. The topological polar surface area (TPSA) is 115 Å². The summed E-state index contributed by atoms with van der Waals surface area (Å²) in [6.45, 7) is 6.30. The van der Waals surface area contributed by atoms with E-state index < -0.39 is 5.60 Å². The van der Waals surface area contributed by atoms with Crippen LogP contribution in [0, 0.1) is 11.3 Å².